The Bertz CT molecular complexity index is 953. The maximum absolute atomic E-state index is 12.9. The Morgan fingerprint density at radius 1 is 0.893 bits per heavy atom. The highest BCUT2D eigenvalue weighted by molar-refractivity contribution is 6.03. The molecule has 0 saturated heterocycles. The molecular formula is C23H23N3O2. The molecule has 28 heavy (non-hydrogen) atoms. The Hall–Kier alpha value is -3.47. The number of nitrogens with one attached hydrogen (secondary N) is 1. The molecule has 5 heteroatoms. The van der Waals surface area contributed by atoms with Crippen LogP contribution in [0.25, 0.3) is 0 Å². The summed E-state index contributed by atoms with van der Waals surface area (Å²) in [5.74, 6) is -0.541. The van der Waals surface area contributed by atoms with Gasteiger partial charge in [-0.15, -0.1) is 0 Å². The van der Waals surface area contributed by atoms with E-state index in [0.717, 1.165) is 11.1 Å². The van der Waals surface area contributed by atoms with E-state index >= 15 is 0 Å². The summed E-state index contributed by atoms with van der Waals surface area (Å²) in [7, 11) is 0. The van der Waals surface area contributed by atoms with Gasteiger partial charge in [0.2, 0.25) is 0 Å². The summed E-state index contributed by atoms with van der Waals surface area (Å²) in [6.45, 7) is 4.96. The van der Waals surface area contributed by atoms with Gasteiger partial charge in [-0.05, 0) is 43.7 Å². The molecule has 0 radical (unpaired) electrons. The van der Waals surface area contributed by atoms with Crippen molar-refractivity contribution in [2.45, 2.75) is 20.4 Å². The Balaban J connectivity index is 1.74. The number of hydrogen-bond acceptors (Lipinski definition) is 3. The van der Waals surface area contributed by atoms with E-state index in [0.29, 0.717) is 18.8 Å². The SMILES string of the molecule is CCN(Cc1ccccc1)C(=O)c1cccc(C(=O)Nc2ccc(C)cc2)n1. The molecule has 1 N–H and O–H groups in total. The number of benzene rings is 2. The molecule has 0 aliphatic carbocycles. The second kappa shape index (κ2) is 8.95. The van der Waals surface area contributed by atoms with Crippen LogP contribution < -0.4 is 5.32 Å². The van der Waals surface area contributed by atoms with Crippen LogP contribution in [0.2, 0.25) is 0 Å². The molecular weight excluding hydrogens is 350 g/mol. The van der Waals surface area contributed by atoms with E-state index in [4.69, 9.17) is 0 Å². The lowest BCUT2D eigenvalue weighted by molar-refractivity contribution is 0.0746. The predicted molar refractivity (Wildman–Crippen MR) is 110 cm³/mol. The topological polar surface area (TPSA) is 62.3 Å². The molecule has 1 heterocycles. The van der Waals surface area contributed by atoms with Crippen molar-refractivity contribution in [3.63, 3.8) is 0 Å². The van der Waals surface area contributed by atoms with Gasteiger partial charge in [0.15, 0.2) is 0 Å². The highest BCUT2D eigenvalue weighted by Crippen LogP contribution is 2.12. The molecule has 0 unspecified atom stereocenters. The maximum Gasteiger partial charge on any atom is 0.274 e. The summed E-state index contributed by atoms with van der Waals surface area (Å²) in [4.78, 5) is 31.4. The average Bonchev–Trinajstić information content (AvgIpc) is 2.74. The van der Waals surface area contributed by atoms with E-state index in [-0.39, 0.29) is 23.2 Å². The number of carbonyl (C=O) groups excluding carboxylic acids is 2. The lowest BCUT2D eigenvalue weighted by Crippen LogP contribution is -2.31. The minimum absolute atomic E-state index is 0.198. The minimum atomic E-state index is -0.343. The van der Waals surface area contributed by atoms with Crippen LogP contribution in [0.3, 0.4) is 0 Å². The van der Waals surface area contributed by atoms with E-state index < -0.39 is 0 Å². The van der Waals surface area contributed by atoms with Gasteiger partial charge in [-0.2, -0.15) is 0 Å². The molecule has 142 valence electrons. The number of amides is 2. The van der Waals surface area contributed by atoms with Gasteiger partial charge < -0.3 is 10.2 Å². The first-order valence-corrected chi connectivity index (χ1v) is 9.25. The molecule has 0 bridgehead atoms. The zero-order chi connectivity index (χ0) is 19.9. The highest BCUT2D eigenvalue weighted by atomic mass is 16.2. The van der Waals surface area contributed by atoms with E-state index in [1.54, 1.807) is 23.1 Å². The summed E-state index contributed by atoms with van der Waals surface area (Å²) in [6.07, 6.45) is 0. The third kappa shape index (κ3) is 4.82. The summed E-state index contributed by atoms with van der Waals surface area (Å²) in [6, 6.07) is 22.2. The largest absolute Gasteiger partial charge is 0.333 e. The number of carbonyl (C=O) groups is 2. The van der Waals surface area contributed by atoms with Crippen molar-refractivity contribution in [1.82, 2.24) is 9.88 Å². The summed E-state index contributed by atoms with van der Waals surface area (Å²) >= 11 is 0. The minimum Gasteiger partial charge on any atom is -0.333 e. The molecule has 3 aromatic rings. The molecule has 0 saturated carbocycles. The standard InChI is InChI=1S/C23H23N3O2/c1-3-26(16-18-8-5-4-6-9-18)23(28)21-11-7-10-20(25-21)22(27)24-19-14-12-17(2)13-15-19/h4-15H,3,16H2,1-2H3,(H,24,27). The second-order valence-corrected chi connectivity index (χ2v) is 6.53. The lowest BCUT2D eigenvalue weighted by Gasteiger charge is -2.20. The number of nitrogens with zero attached hydrogens (tertiary/aromatic N) is 2. The third-order valence-corrected chi connectivity index (χ3v) is 4.40. The predicted octanol–water partition coefficient (Wildman–Crippen LogP) is 4.30. The first kappa shape index (κ1) is 19.3. The Labute approximate surface area is 165 Å². The number of aromatic nitrogens is 1. The fourth-order valence-corrected chi connectivity index (χ4v) is 2.81. The van der Waals surface area contributed by atoms with Crippen LogP contribution in [0.1, 0.15) is 39.0 Å². The molecule has 0 fully saturated rings. The van der Waals surface area contributed by atoms with Crippen molar-refractivity contribution < 1.29 is 9.59 Å². The van der Waals surface area contributed by atoms with Crippen molar-refractivity contribution in [3.05, 3.63) is 95.3 Å². The highest BCUT2D eigenvalue weighted by Gasteiger charge is 2.18. The Morgan fingerprint density at radius 2 is 1.57 bits per heavy atom. The number of aryl methyl sites for hydroxylation is 1. The van der Waals surface area contributed by atoms with Gasteiger partial charge in [-0.1, -0.05) is 54.1 Å². The van der Waals surface area contributed by atoms with E-state index in [2.05, 4.69) is 10.3 Å². The van der Waals surface area contributed by atoms with Crippen molar-refractivity contribution in [3.8, 4) is 0 Å². The number of pyridine rings is 1. The third-order valence-electron chi connectivity index (χ3n) is 4.40. The summed E-state index contributed by atoms with van der Waals surface area (Å²) in [5.41, 5.74) is 3.32. The van der Waals surface area contributed by atoms with Crippen molar-refractivity contribution in [2.24, 2.45) is 0 Å². The first-order chi connectivity index (χ1) is 13.6. The van der Waals surface area contributed by atoms with Gasteiger partial charge in [-0.3, -0.25) is 9.59 Å². The molecule has 0 atom stereocenters. The zero-order valence-corrected chi connectivity index (χ0v) is 16.1. The van der Waals surface area contributed by atoms with Crippen LogP contribution in [0.15, 0.2) is 72.8 Å². The molecule has 2 amide bonds. The lowest BCUT2D eigenvalue weighted by atomic mass is 10.2. The van der Waals surface area contributed by atoms with Gasteiger partial charge >= 0.3 is 0 Å². The molecule has 1 aromatic heterocycles. The van der Waals surface area contributed by atoms with E-state index in [1.165, 1.54) is 0 Å². The van der Waals surface area contributed by atoms with Gasteiger partial charge in [-0.25, -0.2) is 4.98 Å². The van der Waals surface area contributed by atoms with Gasteiger partial charge in [0.1, 0.15) is 11.4 Å². The zero-order valence-electron chi connectivity index (χ0n) is 16.1. The monoisotopic (exact) mass is 373 g/mol. The van der Waals surface area contributed by atoms with Crippen LogP contribution in [-0.4, -0.2) is 28.2 Å². The Morgan fingerprint density at radius 3 is 2.25 bits per heavy atom. The molecule has 2 aromatic carbocycles. The second-order valence-electron chi connectivity index (χ2n) is 6.53. The number of rotatable bonds is 6. The fraction of sp³-hybridized carbons (Fsp3) is 0.174. The first-order valence-electron chi connectivity index (χ1n) is 9.25. The molecule has 0 spiro atoms. The van der Waals surface area contributed by atoms with Gasteiger partial charge in [0.25, 0.3) is 11.8 Å². The molecule has 5 nitrogen and oxygen atoms in total. The quantitative estimate of drug-likeness (QED) is 0.700. The average molecular weight is 373 g/mol. The maximum atomic E-state index is 12.9. The number of anilines is 1. The number of hydrogen-bond donors (Lipinski definition) is 1. The van der Waals surface area contributed by atoms with Crippen molar-refractivity contribution in [1.29, 1.82) is 0 Å². The van der Waals surface area contributed by atoms with Gasteiger partial charge in [0, 0.05) is 18.8 Å². The van der Waals surface area contributed by atoms with Crippen LogP contribution >= 0.6 is 0 Å². The van der Waals surface area contributed by atoms with E-state index in [1.807, 2.05) is 68.4 Å². The molecule has 3 rings (SSSR count). The summed E-state index contributed by atoms with van der Waals surface area (Å²) in [5, 5.41) is 2.81. The van der Waals surface area contributed by atoms with Gasteiger partial charge in [0.05, 0.1) is 0 Å². The Kier molecular flexibility index (Phi) is 6.17. The fourth-order valence-electron chi connectivity index (χ4n) is 2.81. The van der Waals surface area contributed by atoms with Crippen LogP contribution in [0, 0.1) is 6.92 Å². The normalized spacial score (nSPS) is 10.4. The van der Waals surface area contributed by atoms with Crippen molar-refractivity contribution >= 4 is 17.5 Å². The summed E-state index contributed by atoms with van der Waals surface area (Å²) < 4.78 is 0. The van der Waals surface area contributed by atoms with Crippen LogP contribution in [0.4, 0.5) is 5.69 Å². The van der Waals surface area contributed by atoms with Crippen LogP contribution in [0.5, 0.6) is 0 Å². The molecule has 0 aliphatic rings. The smallest absolute Gasteiger partial charge is 0.274 e. The van der Waals surface area contributed by atoms with E-state index in [9.17, 15) is 9.59 Å². The van der Waals surface area contributed by atoms with Crippen LogP contribution in [-0.2, 0) is 6.54 Å². The van der Waals surface area contributed by atoms with Crippen molar-refractivity contribution in [2.75, 3.05) is 11.9 Å². The molecule has 0 aliphatic heterocycles.